The molecule has 25 heavy (non-hydrogen) atoms. The lowest BCUT2D eigenvalue weighted by Crippen LogP contribution is -2.36. The monoisotopic (exact) mass is 343 g/mol. The van der Waals surface area contributed by atoms with E-state index in [0.717, 1.165) is 11.4 Å². The molecule has 0 radical (unpaired) electrons. The summed E-state index contributed by atoms with van der Waals surface area (Å²) >= 11 is 0. The van der Waals surface area contributed by atoms with Gasteiger partial charge >= 0.3 is 0 Å². The molecule has 8 nitrogen and oxygen atoms in total. The number of primary amides is 1. The van der Waals surface area contributed by atoms with Crippen LogP contribution in [0.1, 0.15) is 32.2 Å². The van der Waals surface area contributed by atoms with Gasteiger partial charge in [-0.1, -0.05) is 6.07 Å². The number of aromatic amines is 1. The third kappa shape index (κ3) is 4.03. The highest BCUT2D eigenvalue weighted by atomic mass is 16.5. The van der Waals surface area contributed by atoms with Gasteiger partial charge in [0.1, 0.15) is 5.69 Å². The van der Waals surface area contributed by atoms with E-state index in [4.69, 9.17) is 10.5 Å². The fourth-order valence-corrected chi connectivity index (χ4v) is 2.95. The standard InChI is InChI=1S/C17H21N5O3/c1-11-14(8-19-21-11)17(24)22-5-6-25-10-12(9-22)7-13-3-2-4-15(20-13)16(18)23/h2-4,8,12H,5-7,9-10H2,1H3,(H2,18,23)(H,19,21). The lowest BCUT2D eigenvalue weighted by molar-refractivity contribution is 0.0736. The van der Waals surface area contributed by atoms with Gasteiger partial charge in [-0.3, -0.25) is 14.7 Å². The van der Waals surface area contributed by atoms with Gasteiger partial charge in [-0.15, -0.1) is 0 Å². The number of aromatic nitrogens is 3. The first-order chi connectivity index (χ1) is 12.0. The van der Waals surface area contributed by atoms with Crippen LogP contribution in [0.5, 0.6) is 0 Å². The van der Waals surface area contributed by atoms with Crippen molar-refractivity contribution in [1.82, 2.24) is 20.1 Å². The molecule has 3 N–H and O–H groups in total. The van der Waals surface area contributed by atoms with Crippen LogP contribution in [0.3, 0.4) is 0 Å². The quantitative estimate of drug-likeness (QED) is 0.841. The Bertz CT molecular complexity index is 773. The van der Waals surface area contributed by atoms with Gasteiger partial charge in [0.25, 0.3) is 11.8 Å². The summed E-state index contributed by atoms with van der Waals surface area (Å²) in [7, 11) is 0. The van der Waals surface area contributed by atoms with Crippen molar-refractivity contribution < 1.29 is 14.3 Å². The van der Waals surface area contributed by atoms with E-state index in [1.165, 1.54) is 0 Å². The predicted octanol–water partition coefficient (Wildman–Crippen LogP) is 0.543. The molecule has 2 aromatic heterocycles. The Labute approximate surface area is 145 Å². The second kappa shape index (κ2) is 7.43. The highest BCUT2D eigenvalue weighted by Crippen LogP contribution is 2.16. The lowest BCUT2D eigenvalue weighted by atomic mass is 10.0. The van der Waals surface area contributed by atoms with Crippen LogP contribution in [0.25, 0.3) is 0 Å². The molecule has 132 valence electrons. The van der Waals surface area contributed by atoms with Gasteiger partial charge in [0.2, 0.25) is 0 Å². The molecular weight excluding hydrogens is 322 g/mol. The second-order valence-electron chi connectivity index (χ2n) is 6.18. The molecule has 1 aliphatic heterocycles. The number of pyridine rings is 1. The number of aryl methyl sites for hydroxylation is 1. The minimum Gasteiger partial charge on any atom is -0.379 e. The molecule has 1 aliphatic rings. The molecule has 0 aliphatic carbocycles. The van der Waals surface area contributed by atoms with Crippen molar-refractivity contribution in [3.8, 4) is 0 Å². The molecule has 3 rings (SSSR count). The van der Waals surface area contributed by atoms with Gasteiger partial charge in [-0.2, -0.15) is 5.10 Å². The molecule has 1 saturated heterocycles. The number of rotatable bonds is 4. The van der Waals surface area contributed by atoms with Crippen LogP contribution in [0.4, 0.5) is 0 Å². The molecule has 3 heterocycles. The Morgan fingerprint density at radius 2 is 2.28 bits per heavy atom. The molecule has 2 aromatic rings. The summed E-state index contributed by atoms with van der Waals surface area (Å²) in [4.78, 5) is 30.1. The second-order valence-corrected chi connectivity index (χ2v) is 6.18. The number of amides is 2. The van der Waals surface area contributed by atoms with E-state index in [1.54, 1.807) is 23.2 Å². The van der Waals surface area contributed by atoms with Crippen molar-refractivity contribution in [2.45, 2.75) is 13.3 Å². The molecule has 1 fully saturated rings. The zero-order valence-corrected chi connectivity index (χ0v) is 14.1. The smallest absolute Gasteiger partial charge is 0.267 e. The number of nitrogens with zero attached hydrogens (tertiary/aromatic N) is 3. The van der Waals surface area contributed by atoms with Crippen LogP contribution in [0, 0.1) is 12.8 Å². The lowest BCUT2D eigenvalue weighted by Gasteiger charge is -2.23. The van der Waals surface area contributed by atoms with E-state index in [0.29, 0.717) is 38.3 Å². The van der Waals surface area contributed by atoms with E-state index in [2.05, 4.69) is 15.2 Å². The van der Waals surface area contributed by atoms with Crippen LogP contribution in [-0.2, 0) is 11.2 Å². The molecule has 0 spiro atoms. The number of carbonyl (C=O) groups excluding carboxylic acids is 2. The van der Waals surface area contributed by atoms with Gasteiger partial charge in [-0.05, 0) is 25.5 Å². The topological polar surface area (TPSA) is 114 Å². The fraction of sp³-hybridized carbons (Fsp3) is 0.412. The summed E-state index contributed by atoms with van der Waals surface area (Å²) in [6.45, 7) is 3.95. The largest absolute Gasteiger partial charge is 0.379 e. The summed E-state index contributed by atoms with van der Waals surface area (Å²) in [5, 5.41) is 6.71. The van der Waals surface area contributed by atoms with Crippen LogP contribution in [-0.4, -0.2) is 58.2 Å². The number of nitrogens with two attached hydrogens (primary N) is 1. The number of hydrogen-bond donors (Lipinski definition) is 2. The predicted molar refractivity (Wildman–Crippen MR) is 90.0 cm³/mol. The first-order valence-corrected chi connectivity index (χ1v) is 8.17. The molecule has 0 saturated carbocycles. The number of H-pyrrole nitrogens is 1. The van der Waals surface area contributed by atoms with Gasteiger partial charge in [0.05, 0.1) is 25.0 Å². The molecule has 8 heteroatoms. The van der Waals surface area contributed by atoms with Crippen molar-refractivity contribution in [3.05, 3.63) is 47.0 Å². The average Bonchev–Trinajstić information content (AvgIpc) is 2.88. The molecular formula is C17H21N5O3. The Balaban J connectivity index is 1.72. The van der Waals surface area contributed by atoms with Crippen molar-refractivity contribution in [1.29, 1.82) is 0 Å². The van der Waals surface area contributed by atoms with Crippen molar-refractivity contribution in [2.75, 3.05) is 26.3 Å². The number of carbonyl (C=O) groups is 2. The summed E-state index contributed by atoms with van der Waals surface area (Å²) in [5.41, 5.74) is 7.62. The van der Waals surface area contributed by atoms with E-state index in [1.807, 2.05) is 13.0 Å². The molecule has 1 unspecified atom stereocenters. The molecule has 1 atom stereocenters. The number of nitrogens with one attached hydrogen (secondary N) is 1. The normalized spacial score (nSPS) is 18.0. The summed E-state index contributed by atoms with van der Waals surface area (Å²) < 4.78 is 5.65. The fourth-order valence-electron chi connectivity index (χ4n) is 2.95. The maximum Gasteiger partial charge on any atom is 0.267 e. The number of ether oxygens (including phenoxy) is 1. The van der Waals surface area contributed by atoms with Crippen molar-refractivity contribution >= 4 is 11.8 Å². The minimum atomic E-state index is -0.550. The van der Waals surface area contributed by atoms with Gasteiger partial charge in [0, 0.05) is 30.4 Å². The molecule has 0 aromatic carbocycles. The maximum absolute atomic E-state index is 12.7. The Hall–Kier alpha value is -2.74. The highest BCUT2D eigenvalue weighted by molar-refractivity contribution is 5.95. The SMILES string of the molecule is Cc1[nH]ncc1C(=O)N1CCOCC(Cc2cccc(C(N)=O)n2)C1. The zero-order chi connectivity index (χ0) is 17.8. The van der Waals surface area contributed by atoms with Gasteiger partial charge in [0.15, 0.2) is 0 Å². The van der Waals surface area contributed by atoms with Crippen LogP contribution in [0.2, 0.25) is 0 Å². The van der Waals surface area contributed by atoms with Crippen molar-refractivity contribution in [2.24, 2.45) is 11.7 Å². The summed E-state index contributed by atoms with van der Waals surface area (Å²) in [6.07, 6.45) is 2.16. The summed E-state index contributed by atoms with van der Waals surface area (Å²) in [5.74, 6) is -0.513. The van der Waals surface area contributed by atoms with E-state index in [9.17, 15) is 9.59 Å². The Morgan fingerprint density at radius 1 is 1.44 bits per heavy atom. The highest BCUT2D eigenvalue weighted by Gasteiger charge is 2.25. The molecule has 0 bridgehead atoms. The third-order valence-electron chi connectivity index (χ3n) is 4.24. The van der Waals surface area contributed by atoms with Crippen LogP contribution < -0.4 is 5.73 Å². The minimum absolute atomic E-state index is 0.0550. The first kappa shape index (κ1) is 17.1. The summed E-state index contributed by atoms with van der Waals surface area (Å²) in [6, 6.07) is 5.20. The Morgan fingerprint density at radius 3 is 3.00 bits per heavy atom. The van der Waals surface area contributed by atoms with E-state index >= 15 is 0 Å². The van der Waals surface area contributed by atoms with Crippen LogP contribution in [0.15, 0.2) is 24.4 Å². The zero-order valence-electron chi connectivity index (χ0n) is 14.1. The Kier molecular flexibility index (Phi) is 5.08. The van der Waals surface area contributed by atoms with Crippen LogP contribution >= 0.6 is 0 Å². The first-order valence-electron chi connectivity index (χ1n) is 8.17. The van der Waals surface area contributed by atoms with E-state index in [-0.39, 0.29) is 17.5 Å². The van der Waals surface area contributed by atoms with Crippen molar-refractivity contribution in [3.63, 3.8) is 0 Å². The molecule has 2 amide bonds. The number of hydrogen-bond acceptors (Lipinski definition) is 5. The van der Waals surface area contributed by atoms with Gasteiger partial charge < -0.3 is 15.4 Å². The van der Waals surface area contributed by atoms with Gasteiger partial charge in [-0.25, -0.2) is 4.98 Å². The third-order valence-corrected chi connectivity index (χ3v) is 4.24. The maximum atomic E-state index is 12.7. The average molecular weight is 343 g/mol. The van der Waals surface area contributed by atoms with E-state index < -0.39 is 5.91 Å².